The number of amides is 1. The number of carbonyl (C=O) groups excluding carboxylic acids is 1. The highest BCUT2D eigenvalue weighted by Gasteiger charge is 2.12. The SMILES string of the molecule is CCCNC(=O)C(C)Nc1ccc(Cl)c(OC)c1. The molecule has 0 spiro atoms. The second kappa shape index (κ2) is 7.11. The Morgan fingerprint density at radius 2 is 2.22 bits per heavy atom. The van der Waals surface area contributed by atoms with E-state index in [0.717, 1.165) is 12.1 Å². The van der Waals surface area contributed by atoms with Gasteiger partial charge in [-0.05, 0) is 25.5 Å². The zero-order valence-electron chi connectivity index (χ0n) is 10.9. The Labute approximate surface area is 113 Å². The molecular weight excluding hydrogens is 252 g/mol. The van der Waals surface area contributed by atoms with E-state index in [0.29, 0.717) is 17.3 Å². The van der Waals surface area contributed by atoms with E-state index < -0.39 is 0 Å². The van der Waals surface area contributed by atoms with E-state index >= 15 is 0 Å². The molecule has 0 saturated heterocycles. The first kappa shape index (κ1) is 14.6. The van der Waals surface area contributed by atoms with Crippen LogP contribution in [0, 0.1) is 0 Å². The third-order valence-electron chi connectivity index (χ3n) is 2.48. The summed E-state index contributed by atoms with van der Waals surface area (Å²) in [6.45, 7) is 4.52. The summed E-state index contributed by atoms with van der Waals surface area (Å²) < 4.78 is 5.12. The molecule has 2 N–H and O–H groups in total. The largest absolute Gasteiger partial charge is 0.495 e. The number of hydrogen-bond donors (Lipinski definition) is 2. The summed E-state index contributed by atoms with van der Waals surface area (Å²) in [6, 6.07) is 5.02. The molecule has 5 heteroatoms. The molecule has 1 amide bonds. The number of nitrogens with one attached hydrogen (secondary N) is 2. The van der Waals surface area contributed by atoms with Gasteiger partial charge in [0.2, 0.25) is 5.91 Å². The van der Waals surface area contributed by atoms with Crippen molar-refractivity contribution in [2.24, 2.45) is 0 Å². The minimum absolute atomic E-state index is 0.0224. The highest BCUT2D eigenvalue weighted by Crippen LogP contribution is 2.27. The predicted octanol–water partition coefficient (Wildman–Crippen LogP) is 2.68. The molecule has 1 aromatic rings. The van der Waals surface area contributed by atoms with Gasteiger partial charge in [-0.3, -0.25) is 4.79 Å². The summed E-state index contributed by atoms with van der Waals surface area (Å²) in [5.74, 6) is 0.564. The minimum atomic E-state index is -0.303. The molecule has 1 unspecified atom stereocenters. The monoisotopic (exact) mass is 270 g/mol. The molecule has 0 saturated carbocycles. The number of carbonyl (C=O) groups is 1. The maximum absolute atomic E-state index is 11.7. The topological polar surface area (TPSA) is 50.4 Å². The van der Waals surface area contributed by atoms with Crippen LogP contribution in [0.5, 0.6) is 5.75 Å². The fourth-order valence-electron chi connectivity index (χ4n) is 1.47. The number of hydrogen-bond acceptors (Lipinski definition) is 3. The van der Waals surface area contributed by atoms with Gasteiger partial charge in [0.15, 0.2) is 0 Å². The molecule has 0 aromatic heterocycles. The van der Waals surface area contributed by atoms with Crippen molar-refractivity contribution in [1.29, 1.82) is 0 Å². The third-order valence-corrected chi connectivity index (χ3v) is 2.79. The van der Waals surface area contributed by atoms with Crippen LogP contribution in [0.1, 0.15) is 20.3 Å². The van der Waals surface area contributed by atoms with Gasteiger partial charge in [-0.15, -0.1) is 0 Å². The zero-order chi connectivity index (χ0) is 13.5. The van der Waals surface area contributed by atoms with Gasteiger partial charge >= 0.3 is 0 Å². The van der Waals surface area contributed by atoms with Crippen molar-refractivity contribution in [3.63, 3.8) is 0 Å². The molecule has 1 rings (SSSR count). The van der Waals surface area contributed by atoms with Crippen molar-refractivity contribution in [2.75, 3.05) is 19.0 Å². The maximum atomic E-state index is 11.7. The molecule has 0 aliphatic carbocycles. The van der Waals surface area contributed by atoms with Gasteiger partial charge in [0.05, 0.1) is 12.1 Å². The Morgan fingerprint density at radius 1 is 1.50 bits per heavy atom. The average molecular weight is 271 g/mol. The Balaban J connectivity index is 2.64. The highest BCUT2D eigenvalue weighted by molar-refractivity contribution is 6.32. The smallest absolute Gasteiger partial charge is 0.242 e. The maximum Gasteiger partial charge on any atom is 0.242 e. The number of ether oxygens (including phenoxy) is 1. The van der Waals surface area contributed by atoms with E-state index in [-0.39, 0.29) is 11.9 Å². The lowest BCUT2D eigenvalue weighted by Gasteiger charge is -2.15. The van der Waals surface area contributed by atoms with Gasteiger partial charge in [-0.25, -0.2) is 0 Å². The Kier molecular flexibility index (Phi) is 5.78. The van der Waals surface area contributed by atoms with Gasteiger partial charge in [0.1, 0.15) is 11.8 Å². The quantitative estimate of drug-likeness (QED) is 0.836. The first-order chi connectivity index (χ1) is 8.58. The lowest BCUT2D eigenvalue weighted by atomic mass is 10.2. The molecule has 0 aliphatic heterocycles. The van der Waals surface area contributed by atoms with Crippen LogP contribution < -0.4 is 15.4 Å². The van der Waals surface area contributed by atoms with Gasteiger partial charge < -0.3 is 15.4 Å². The molecule has 18 heavy (non-hydrogen) atoms. The molecule has 1 atom stereocenters. The van der Waals surface area contributed by atoms with Crippen LogP contribution >= 0.6 is 11.6 Å². The fraction of sp³-hybridized carbons (Fsp3) is 0.462. The highest BCUT2D eigenvalue weighted by atomic mass is 35.5. The van der Waals surface area contributed by atoms with E-state index in [1.54, 1.807) is 19.2 Å². The first-order valence-electron chi connectivity index (χ1n) is 5.96. The fourth-order valence-corrected chi connectivity index (χ4v) is 1.66. The van der Waals surface area contributed by atoms with Crippen molar-refractivity contribution in [1.82, 2.24) is 5.32 Å². The molecular formula is C13H19ClN2O2. The number of benzene rings is 1. The predicted molar refractivity (Wildman–Crippen MR) is 74.4 cm³/mol. The van der Waals surface area contributed by atoms with Crippen molar-refractivity contribution in [2.45, 2.75) is 26.3 Å². The molecule has 0 heterocycles. The van der Waals surface area contributed by atoms with Crippen molar-refractivity contribution < 1.29 is 9.53 Å². The summed E-state index contributed by atoms with van der Waals surface area (Å²) in [4.78, 5) is 11.7. The van der Waals surface area contributed by atoms with Gasteiger partial charge in [-0.2, -0.15) is 0 Å². The third kappa shape index (κ3) is 4.11. The normalized spacial score (nSPS) is 11.8. The van der Waals surface area contributed by atoms with Crippen LogP contribution in [0.25, 0.3) is 0 Å². The number of methoxy groups -OCH3 is 1. The summed E-state index contributed by atoms with van der Waals surface area (Å²) in [7, 11) is 1.56. The van der Waals surface area contributed by atoms with Crippen LogP contribution in [0.15, 0.2) is 18.2 Å². The number of halogens is 1. The first-order valence-corrected chi connectivity index (χ1v) is 6.34. The van der Waals surface area contributed by atoms with Gasteiger partial charge in [0, 0.05) is 18.3 Å². The molecule has 0 radical (unpaired) electrons. The minimum Gasteiger partial charge on any atom is -0.495 e. The lowest BCUT2D eigenvalue weighted by Crippen LogP contribution is -2.37. The summed E-state index contributed by atoms with van der Waals surface area (Å²) in [5.41, 5.74) is 0.801. The standard InChI is InChI=1S/C13H19ClN2O2/c1-4-7-15-13(17)9(2)16-10-5-6-11(14)12(8-10)18-3/h5-6,8-9,16H,4,7H2,1-3H3,(H,15,17). The van der Waals surface area contributed by atoms with E-state index in [2.05, 4.69) is 10.6 Å². The van der Waals surface area contributed by atoms with Crippen molar-refractivity contribution in [3.05, 3.63) is 23.2 Å². The second-order valence-corrected chi connectivity index (χ2v) is 4.41. The van der Waals surface area contributed by atoms with E-state index in [4.69, 9.17) is 16.3 Å². The summed E-state index contributed by atoms with van der Waals surface area (Å²) in [5, 5.41) is 6.48. The van der Waals surface area contributed by atoms with Crippen LogP contribution in [0.2, 0.25) is 5.02 Å². The molecule has 0 fully saturated rings. The second-order valence-electron chi connectivity index (χ2n) is 4.01. The Bertz CT molecular complexity index is 410. The van der Waals surface area contributed by atoms with Crippen LogP contribution in [0.4, 0.5) is 5.69 Å². The van der Waals surface area contributed by atoms with Crippen molar-refractivity contribution >= 4 is 23.2 Å². The van der Waals surface area contributed by atoms with Crippen LogP contribution in [-0.2, 0) is 4.79 Å². The van der Waals surface area contributed by atoms with Crippen molar-refractivity contribution in [3.8, 4) is 5.75 Å². The summed E-state index contributed by atoms with van der Waals surface area (Å²) >= 11 is 5.93. The molecule has 4 nitrogen and oxygen atoms in total. The average Bonchev–Trinajstić information content (AvgIpc) is 2.37. The number of anilines is 1. The molecule has 100 valence electrons. The van der Waals surface area contributed by atoms with E-state index in [9.17, 15) is 4.79 Å². The van der Waals surface area contributed by atoms with Crippen LogP contribution in [-0.4, -0.2) is 25.6 Å². The van der Waals surface area contributed by atoms with Gasteiger partial charge in [0.25, 0.3) is 0 Å². The Hall–Kier alpha value is -1.42. The van der Waals surface area contributed by atoms with E-state index in [1.165, 1.54) is 0 Å². The van der Waals surface area contributed by atoms with E-state index in [1.807, 2.05) is 19.9 Å². The lowest BCUT2D eigenvalue weighted by molar-refractivity contribution is -0.121. The summed E-state index contributed by atoms with van der Waals surface area (Å²) in [6.07, 6.45) is 0.924. The number of rotatable bonds is 6. The van der Waals surface area contributed by atoms with Crippen LogP contribution in [0.3, 0.4) is 0 Å². The molecule has 0 aliphatic rings. The zero-order valence-corrected chi connectivity index (χ0v) is 11.7. The van der Waals surface area contributed by atoms with Gasteiger partial charge in [-0.1, -0.05) is 18.5 Å². The molecule has 0 bridgehead atoms. The molecule has 1 aromatic carbocycles. The Morgan fingerprint density at radius 3 is 2.83 bits per heavy atom.